The molecule has 0 fully saturated rings. The molecule has 1 N–H and O–H groups in total. The number of nitrogens with zero attached hydrogens (tertiary/aromatic N) is 3. The Morgan fingerprint density at radius 2 is 2.27 bits per heavy atom. The maximum atomic E-state index is 12.2. The van der Waals surface area contributed by atoms with Crippen LogP contribution in [0.3, 0.4) is 0 Å². The van der Waals surface area contributed by atoms with E-state index in [4.69, 9.17) is 11.6 Å². The SMILES string of the molecule is CCn1nc(C(=O)Nc2nc(-c3ccc(Cl)s3)cs2)cc1C. The van der Waals surface area contributed by atoms with Gasteiger partial charge in [-0.1, -0.05) is 11.6 Å². The lowest BCUT2D eigenvalue weighted by molar-refractivity contribution is 0.102. The molecule has 0 spiro atoms. The summed E-state index contributed by atoms with van der Waals surface area (Å²) in [6.07, 6.45) is 0. The van der Waals surface area contributed by atoms with E-state index in [1.807, 2.05) is 31.4 Å². The molecule has 0 radical (unpaired) electrons. The van der Waals surface area contributed by atoms with Gasteiger partial charge in [0.05, 0.1) is 14.9 Å². The molecule has 8 heteroatoms. The Morgan fingerprint density at radius 1 is 1.45 bits per heavy atom. The van der Waals surface area contributed by atoms with E-state index < -0.39 is 0 Å². The third kappa shape index (κ3) is 3.06. The average Bonchev–Trinajstić information content (AvgIpc) is 3.18. The number of rotatable bonds is 4. The van der Waals surface area contributed by atoms with E-state index in [1.165, 1.54) is 22.7 Å². The minimum Gasteiger partial charge on any atom is -0.296 e. The number of thiazole rings is 1. The fourth-order valence-electron chi connectivity index (χ4n) is 2.00. The number of carbonyl (C=O) groups is 1. The normalized spacial score (nSPS) is 10.9. The van der Waals surface area contributed by atoms with Gasteiger partial charge < -0.3 is 0 Å². The van der Waals surface area contributed by atoms with Crippen LogP contribution in [-0.4, -0.2) is 20.7 Å². The summed E-state index contributed by atoms with van der Waals surface area (Å²) in [4.78, 5) is 17.6. The zero-order chi connectivity index (χ0) is 15.7. The van der Waals surface area contributed by atoms with Gasteiger partial charge in [-0.25, -0.2) is 4.98 Å². The van der Waals surface area contributed by atoms with Crippen molar-refractivity contribution in [3.8, 4) is 10.6 Å². The van der Waals surface area contributed by atoms with Crippen LogP contribution in [0.25, 0.3) is 10.6 Å². The molecule has 1 amide bonds. The molecule has 0 saturated carbocycles. The fraction of sp³-hybridized carbons (Fsp3) is 0.214. The summed E-state index contributed by atoms with van der Waals surface area (Å²) in [5.74, 6) is -0.250. The first kappa shape index (κ1) is 15.2. The highest BCUT2D eigenvalue weighted by Crippen LogP contribution is 2.32. The van der Waals surface area contributed by atoms with E-state index in [1.54, 1.807) is 10.7 Å². The van der Waals surface area contributed by atoms with E-state index in [0.29, 0.717) is 15.2 Å². The van der Waals surface area contributed by atoms with Crippen molar-refractivity contribution < 1.29 is 4.79 Å². The number of aromatic nitrogens is 3. The number of halogens is 1. The van der Waals surface area contributed by atoms with E-state index >= 15 is 0 Å². The molecule has 0 saturated heterocycles. The van der Waals surface area contributed by atoms with Crippen molar-refractivity contribution >= 4 is 45.3 Å². The first-order chi connectivity index (χ1) is 10.6. The second-order valence-electron chi connectivity index (χ2n) is 4.58. The highest BCUT2D eigenvalue weighted by Gasteiger charge is 2.14. The van der Waals surface area contributed by atoms with Crippen LogP contribution in [-0.2, 0) is 6.54 Å². The molecule has 114 valence electrons. The number of hydrogen-bond acceptors (Lipinski definition) is 5. The maximum Gasteiger partial charge on any atom is 0.277 e. The summed E-state index contributed by atoms with van der Waals surface area (Å²) < 4.78 is 2.50. The number of amides is 1. The topological polar surface area (TPSA) is 59.8 Å². The molecular weight excluding hydrogens is 340 g/mol. The van der Waals surface area contributed by atoms with Crippen LogP contribution in [0.5, 0.6) is 0 Å². The van der Waals surface area contributed by atoms with Gasteiger partial charge in [-0.2, -0.15) is 5.10 Å². The lowest BCUT2D eigenvalue weighted by atomic mass is 10.3. The summed E-state index contributed by atoms with van der Waals surface area (Å²) in [5.41, 5.74) is 2.17. The van der Waals surface area contributed by atoms with Gasteiger partial charge in [0.25, 0.3) is 5.91 Å². The van der Waals surface area contributed by atoms with Crippen molar-refractivity contribution in [2.45, 2.75) is 20.4 Å². The molecule has 0 atom stereocenters. The lowest BCUT2D eigenvalue weighted by Gasteiger charge is -1.98. The molecule has 0 aliphatic rings. The van der Waals surface area contributed by atoms with Gasteiger partial charge in [0.15, 0.2) is 10.8 Å². The lowest BCUT2D eigenvalue weighted by Crippen LogP contribution is -2.13. The minimum atomic E-state index is -0.250. The van der Waals surface area contributed by atoms with Crippen LogP contribution in [0.2, 0.25) is 4.34 Å². The summed E-state index contributed by atoms with van der Waals surface area (Å²) in [5, 5.41) is 9.49. The first-order valence-electron chi connectivity index (χ1n) is 6.64. The maximum absolute atomic E-state index is 12.2. The van der Waals surface area contributed by atoms with E-state index in [0.717, 1.165) is 22.8 Å². The highest BCUT2D eigenvalue weighted by atomic mass is 35.5. The van der Waals surface area contributed by atoms with Crippen molar-refractivity contribution in [3.63, 3.8) is 0 Å². The predicted molar refractivity (Wildman–Crippen MR) is 91.0 cm³/mol. The smallest absolute Gasteiger partial charge is 0.277 e. The standard InChI is InChI=1S/C14H13ClN4OS2/c1-3-19-8(2)6-9(18-19)13(20)17-14-16-10(7-21-14)11-4-5-12(15)22-11/h4-7H,3H2,1-2H3,(H,16,17,20). The molecule has 0 aromatic carbocycles. The third-order valence-corrected chi connectivity index (χ3v) is 5.08. The molecule has 0 bridgehead atoms. The Morgan fingerprint density at radius 3 is 2.91 bits per heavy atom. The van der Waals surface area contributed by atoms with Gasteiger partial charge in [0, 0.05) is 17.6 Å². The number of anilines is 1. The summed E-state index contributed by atoms with van der Waals surface area (Å²) in [6, 6.07) is 5.52. The zero-order valence-electron chi connectivity index (χ0n) is 12.0. The predicted octanol–water partition coefficient (Wildman–Crippen LogP) is 4.30. The highest BCUT2D eigenvalue weighted by molar-refractivity contribution is 7.20. The van der Waals surface area contributed by atoms with Crippen LogP contribution in [0.1, 0.15) is 23.1 Å². The summed E-state index contributed by atoms with van der Waals surface area (Å²) in [6.45, 7) is 4.65. The molecule has 3 aromatic rings. The van der Waals surface area contributed by atoms with Crippen molar-refractivity contribution in [2.75, 3.05) is 5.32 Å². The third-order valence-electron chi connectivity index (χ3n) is 3.06. The molecule has 3 heterocycles. The van der Waals surface area contributed by atoms with Crippen LogP contribution >= 0.6 is 34.3 Å². The van der Waals surface area contributed by atoms with Gasteiger partial charge in [-0.15, -0.1) is 22.7 Å². The molecular formula is C14H13ClN4OS2. The number of thiophene rings is 1. The van der Waals surface area contributed by atoms with Crippen molar-refractivity contribution in [1.29, 1.82) is 0 Å². The number of hydrogen-bond donors (Lipinski definition) is 1. The van der Waals surface area contributed by atoms with Crippen LogP contribution in [0.15, 0.2) is 23.6 Å². The largest absolute Gasteiger partial charge is 0.296 e. The molecule has 0 aliphatic carbocycles. The summed E-state index contributed by atoms with van der Waals surface area (Å²) >= 11 is 8.76. The van der Waals surface area contributed by atoms with E-state index in [9.17, 15) is 4.79 Å². The Kier molecular flexibility index (Phi) is 4.28. The van der Waals surface area contributed by atoms with Crippen molar-refractivity contribution in [3.05, 3.63) is 39.3 Å². The van der Waals surface area contributed by atoms with Crippen molar-refractivity contribution in [2.24, 2.45) is 0 Å². The second kappa shape index (κ2) is 6.20. The second-order valence-corrected chi connectivity index (χ2v) is 7.16. The summed E-state index contributed by atoms with van der Waals surface area (Å²) in [7, 11) is 0. The zero-order valence-corrected chi connectivity index (χ0v) is 14.3. The van der Waals surface area contributed by atoms with Gasteiger partial charge in [0.1, 0.15) is 0 Å². The van der Waals surface area contributed by atoms with Crippen molar-refractivity contribution in [1.82, 2.24) is 14.8 Å². The molecule has 5 nitrogen and oxygen atoms in total. The Balaban J connectivity index is 1.75. The monoisotopic (exact) mass is 352 g/mol. The first-order valence-corrected chi connectivity index (χ1v) is 8.71. The Bertz CT molecular complexity index is 821. The van der Waals surface area contributed by atoms with Gasteiger partial charge >= 0.3 is 0 Å². The number of carbonyl (C=O) groups excluding carboxylic acids is 1. The molecule has 3 aromatic heterocycles. The molecule has 3 rings (SSSR count). The Hall–Kier alpha value is -1.70. The van der Waals surface area contributed by atoms with Gasteiger partial charge in [-0.3, -0.25) is 14.8 Å². The molecule has 0 aliphatic heterocycles. The molecule has 0 unspecified atom stereocenters. The van der Waals surface area contributed by atoms with Crippen LogP contribution in [0.4, 0.5) is 5.13 Å². The van der Waals surface area contributed by atoms with E-state index in [2.05, 4.69) is 15.4 Å². The quantitative estimate of drug-likeness (QED) is 0.761. The fourth-order valence-corrected chi connectivity index (χ4v) is 3.78. The van der Waals surface area contributed by atoms with Crippen LogP contribution < -0.4 is 5.32 Å². The van der Waals surface area contributed by atoms with Crippen LogP contribution in [0, 0.1) is 6.92 Å². The molecule has 22 heavy (non-hydrogen) atoms. The minimum absolute atomic E-state index is 0.250. The number of nitrogens with one attached hydrogen (secondary N) is 1. The number of aryl methyl sites for hydroxylation is 2. The van der Waals surface area contributed by atoms with Gasteiger partial charge in [0.2, 0.25) is 0 Å². The average molecular weight is 353 g/mol. The van der Waals surface area contributed by atoms with Gasteiger partial charge in [-0.05, 0) is 32.0 Å². The van der Waals surface area contributed by atoms with E-state index in [-0.39, 0.29) is 5.91 Å². The Labute approximate surface area is 140 Å².